The molecule has 3 aromatic rings. The molecule has 0 amide bonds. The van der Waals surface area contributed by atoms with E-state index >= 15 is 0 Å². The lowest BCUT2D eigenvalue weighted by molar-refractivity contribution is -0.0861. The van der Waals surface area contributed by atoms with Gasteiger partial charge in [0.25, 0.3) is 0 Å². The first-order valence-corrected chi connectivity index (χ1v) is 7.96. The fourth-order valence-corrected chi connectivity index (χ4v) is 3.16. The van der Waals surface area contributed by atoms with Crippen LogP contribution in [0.5, 0.6) is 0 Å². The summed E-state index contributed by atoms with van der Waals surface area (Å²) >= 11 is 0. The maximum atomic E-state index is 14.2. The Morgan fingerprint density at radius 2 is 1.93 bits per heavy atom. The number of aliphatic hydroxyl groups is 3. The summed E-state index contributed by atoms with van der Waals surface area (Å²) in [6.07, 6.45) is -3.97. The SMILES string of the molecule is Nc1ncnc2c1c(F)cn2[C@@H]1O[C@H]([C@H](O)c2ccc(F)cn2)[C@@H](O)[C@H]1O. The smallest absolute Gasteiger partial charge is 0.164 e. The van der Waals surface area contributed by atoms with Crippen molar-refractivity contribution in [3.63, 3.8) is 0 Å². The number of halogens is 2. The third-order valence-electron chi connectivity index (χ3n) is 4.51. The Morgan fingerprint density at radius 3 is 2.63 bits per heavy atom. The van der Waals surface area contributed by atoms with Crippen molar-refractivity contribution in [1.82, 2.24) is 19.5 Å². The van der Waals surface area contributed by atoms with E-state index in [1.165, 1.54) is 10.6 Å². The molecule has 27 heavy (non-hydrogen) atoms. The minimum atomic E-state index is -1.52. The van der Waals surface area contributed by atoms with Gasteiger partial charge in [0.1, 0.15) is 42.4 Å². The van der Waals surface area contributed by atoms with Crippen molar-refractivity contribution >= 4 is 16.9 Å². The first-order chi connectivity index (χ1) is 12.9. The molecule has 142 valence electrons. The van der Waals surface area contributed by atoms with Crippen LogP contribution in [-0.4, -0.2) is 53.2 Å². The number of fused-ring (bicyclic) bond motifs is 1. The van der Waals surface area contributed by atoms with Gasteiger partial charge in [-0.1, -0.05) is 0 Å². The Hall–Kier alpha value is -2.73. The number of nitrogens with two attached hydrogens (primary N) is 1. The fourth-order valence-electron chi connectivity index (χ4n) is 3.16. The van der Waals surface area contributed by atoms with Crippen molar-refractivity contribution in [1.29, 1.82) is 0 Å². The predicted molar refractivity (Wildman–Crippen MR) is 87.0 cm³/mol. The standard InChI is InChI=1S/C16H15F2N5O4/c17-6-1-2-8(20-3-6)10(24)13-11(25)12(26)16(27-13)23-4-7(18)9-14(19)21-5-22-15(9)23/h1-5,10-13,16,24-26H,(H2,19,21,22)/t10-,11+,12-,13-,16-/m1/s1. The van der Waals surface area contributed by atoms with Crippen LogP contribution >= 0.6 is 0 Å². The minimum Gasteiger partial charge on any atom is -0.387 e. The molecule has 0 unspecified atom stereocenters. The van der Waals surface area contributed by atoms with Gasteiger partial charge in [-0.15, -0.1) is 0 Å². The summed E-state index contributed by atoms with van der Waals surface area (Å²) in [4.78, 5) is 11.4. The molecule has 0 spiro atoms. The van der Waals surface area contributed by atoms with Gasteiger partial charge in [0.05, 0.1) is 17.3 Å². The average Bonchev–Trinajstić information content (AvgIpc) is 3.13. The van der Waals surface area contributed by atoms with Gasteiger partial charge >= 0.3 is 0 Å². The van der Waals surface area contributed by atoms with E-state index in [-0.39, 0.29) is 22.5 Å². The van der Waals surface area contributed by atoms with Gasteiger partial charge in [-0.3, -0.25) is 4.98 Å². The van der Waals surface area contributed by atoms with Crippen LogP contribution in [0.3, 0.4) is 0 Å². The van der Waals surface area contributed by atoms with Crippen molar-refractivity contribution in [3.05, 3.63) is 48.2 Å². The number of hydrogen-bond acceptors (Lipinski definition) is 8. The van der Waals surface area contributed by atoms with E-state index in [0.29, 0.717) is 0 Å². The molecule has 1 aliphatic rings. The number of aromatic nitrogens is 4. The number of hydrogen-bond donors (Lipinski definition) is 4. The highest BCUT2D eigenvalue weighted by Gasteiger charge is 2.48. The second-order valence-corrected chi connectivity index (χ2v) is 6.16. The molecular weight excluding hydrogens is 364 g/mol. The molecule has 0 aliphatic carbocycles. The number of rotatable bonds is 3. The van der Waals surface area contributed by atoms with Gasteiger partial charge in [-0.05, 0) is 12.1 Å². The second-order valence-electron chi connectivity index (χ2n) is 6.16. The zero-order valence-electron chi connectivity index (χ0n) is 13.6. The number of pyridine rings is 1. The Balaban J connectivity index is 1.68. The van der Waals surface area contributed by atoms with E-state index in [2.05, 4.69) is 15.0 Å². The van der Waals surface area contributed by atoms with Crippen LogP contribution in [-0.2, 0) is 4.74 Å². The lowest BCUT2D eigenvalue weighted by Crippen LogP contribution is -2.35. The van der Waals surface area contributed by atoms with Crippen LogP contribution in [0.15, 0.2) is 30.9 Å². The first-order valence-electron chi connectivity index (χ1n) is 7.96. The Bertz CT molecular complexity index is 983. The maximum Gasteiger partial charge on any atom is 0.164 e. The van der Waals surface area contributed by atoms with Gasteiger partial charge in [0.2, 0.25) is 0 Å². The van der Waals surface area contributed by atoms with Gasteiger partial charge < -0.3 is 30.4 Å². The van der Waals surface area contributed by atoms with Gasteiger partial charge in [-0.25, -0.2) is 18.7 Å². The molecule has 9 nitrogen and oxygen atoms in total. The summed E-state index contributed by atoms with van der Waals surface area (Å²) in [5, 5.41) is 31.0. The molecule has 4 rings (SSSR count). The van der Waals surface area contributed by atoms with Crippen molar-refractivity contribution in [3.8, 4) is 0 Å². The highest BCUT2D eigenvalue weighted by Crippen LogP contribution is 2.38. The maximum absolute atomic E-state index is 14.2. The number of ether oxygens (including phenoxy) is 1. The van der Waals surface area contributed by atoms with Crippen LogP contribution in [0.1, 0.15) is 18.0 Å². The van der Waals surface area contributed by atoms with Crippen LogP contribution in [0.4, 0.5) is 14.6 Å². The van der Waals surface area contributed by atoms with Crippen LogP contribution in [0.25, 0.3) is 11.0 Å². The van der Waals surface area contributed by atoms with Crippen LogP contribution in [0, 0.1) is 11.6 Å². The summed E-state index contributed by atoms with van der Waals surface area (Å²) in [6, 6.07) is 2.32. The lowest BCUT2D eigenvalue weighted by atomic mass is 10.0. The number of nitrogens with zero attached hydrogens (tertiary/aromatic N) is 4. The molecule has 1 aliphatic heterocycles. The molecule has 0 radical (unpaired) electrons. The van der Waals surface area contributed by atoms with Crippen molar-refractivity contribution in [2.24, 2.45) is 0 Å². The molecule has 0 saturated carbocycles. The average molecular weight is 379 g/mol. The summed E-state index contributed by atoms with van der Waals surface area (Å²) in [6.45, 7) is 0. The minimum absolute atomic E-state index is 0.0448. The molecule has 0 bridgehead atoms. The topological polar surface area (TPSA) is 140 Å². The third kappa shape index (κ3) is 2.80. The van der Waals surface area contributed by atoms with E-state index in [1.54, 1.807) is 0 Å². The van der Waals surface area contributed by atoms with Crippen molar-refractivity contribution < 1.29 is 28.8 Å². The first kappa shape index (κ1) is 17.7. The summed E-state index contributed by atoms with van der Waals surface area (Å²) in [7, 11) is 0. The van der Waals surface area contributed by atoms with Crippen molar-refractivity contribution in [2.75, 3.05) is 5.73 Å². The molecule has 1 fully saturated rings. The van der Waals surface area contributed by atoms with Gasteiger partial charge in [0.15, 0.2) is 17.7 Å². The summed E-state index contributed by atoms with van der Waals surface area (Å²) in [5.74, 6) is -1.41. The van der Waals surface area contributed by atoms with Crippen LogP contribution < -0.4 is 5.73 Å². The molecule has 5 N–H and O–H groups in total. The zero-order chi connectivity index (χ0) is 19.3. The predicted octanol–water partition coefficient (Wildman–Crippen LogP) is 0.0395. The molecule has 11 heteroatoms. The monoisotopic (exact) mass is 379 g/mol. The number of nitrogen functional groups attached to an aromatic ring is 1. The number of anilines is 1. The summed E-state index contributed by atoms with van der Waals surface area (Å²) in [5.41, 5.74) is 5.76. The zero-order valence-corrected chi connectivity index (χ0v) is 13.6. The number of aliphatic hydroxyl groups excluding tert-OH is 3. The molecular formula is C16H15F2N5O4. The van der Waals surface area contributed by atoms with Gasteiger partial charge in [-0.2, -0.15) is 0 Å². The fraction of sp³-hybridized carbons (Fsp3) is 0.312. The Kier molecular flexibility index (Phi) is 4.23. The molecule has 0 aromatic carbocycles. The van der Waals surface area contributed by atoms with Crippen LogP contribution in [0.2, 0.25) is 0 Å². The van der Waals surface area contributed by atoms with E-state index in [0.717, 1.165) is 24.8 Å². The quantitative estimate of drug-likeness (QED) is 0.500. The highest BCUT2D eigenvalue weighted by atomic mass is 19.1. The lowest BCUT2D eigenvalue weighted by Gasteiger charge is -2.20. The second kappa shape index (κ2) is 6.46. The van der Waals surface area contributed by atoms with Crippen molar-refractivity contribution in [2.45, 2.75) is 30.6 Å². The van der Waals surface area contributed by atoms with E-state index in [9.17, 15) is 24.1 Å². The molecule has 4 heterocycles. The summed E-state index contributed by atoms with van der Waals surface area (Å²) < 4.78 is 34.0. The Morgan fingerprint density at radius 1 is 1.15 bits per heavy atom. The molecule has 1 saturated heterocycles. The normalized spacial score (nSPS) is 26.6. The largest absolute Gasteiger partial charge is 0.387 e. The molecule has 3 aromatic heterocycles. The van der Waals surface area contributed by atoms with E-state index in [4.69, 9.17) is 10.5 Å². The third-order valence-corrected chi connectivity index (χ3v) is 4.51. The molecule has 5 atom stereocenters. The highest BCUT2D eigenvalue weighted by molar-refractivity contribution is 5.86. The van der Waals surface area contributed by atoms with E-state index < -0.39 is 42.3 Å². The van der Waals surface area contributed by atoms with E-state index in [1.807, 2.05) is 0 Å². The van der Waals surface area contributed by atoms with Gasteiger partial charge in [0, 0.05) is 6.20 Å². The Labute approximate surface area is 150 Å².